The minimum absolute atomic E-state index is 0.348. The van der Waals surface area contributed by atoms with Gasteiger partial charge in [-0.05, 0) is 33.6 Å². The van der Waals surface area contributed by atoms with Crippen molar-refractivity contribution in [2.24, 2.45) is 5.84 Å². The molecule has 1 aromatic heterocycles. The largest absolute Gasteiger partial charge is 0.354 e. The second-order valence-corrected chi connectivity index (χ2v) is 5.03. The van der Waals surface area contributed by atoms with Gasteiger partial charge in [0.1, 0.15) is 5.82 Å². The lowest BCUT2D eigenvalue weighted by Gasteiger charge is -2.20. The van der Waals surface area contributed by atoms with Gasteiger partial charge in [-0.2, -0.15) is 10.2 Å². The SMILES string of the molecule is CN(Cc1cccc(C#N)c1)c1nc(NN)ncc1Br. The van der Waals surface area contributed by atoms with Gasteiger partial charge < -0.3 is 4.90 Å². The van der Waals surface area contributed by atoms with E-state index in [4.69, 9.17) is 11.1 Å². The maximum absolute atomic E-state index is 8.91. The van der Waals surface area contributed by atoms with Gasteiger partial charge in [0.25, 0.3) is 0 Å². The Morgan fingerprint density at radius 2 is 2.30 bits per heavy atom. The molecular formula is C13H13BrN6. The average molecular weight is 333 g/mol. The first-order chi connectivity index (χ1) is 9.63. The summed E-state index contributed by atoms with van der Waals surface area (Å²) in [5.41, 5.74) is 4.09. The molecule has 2 rings (SSSR count). The highest BCUT2D eigenvalue weighted by atomic mass is 79.9. The van der Waals surface area contributed by atoms with Gasteiger partial charge in [0.2, 0.25) is 5.95 Å². The van der Waals surface area contributed by atoms with E-state index in [-0.39, 0.29) is 0 Å². The monoisotopic (exact) mass is 332 g/mol. The smallest absolute Gasteiger partial charge is 0.239 e. The molecule has 1 heterocycles. The highest BCUT2D eigenvalue weighted by molar-refractivity contribution is 9.10. The molecule has 1 aromatic carbocycles. The number of nitrogens with one attached hydrogen (secondary N) is 1. The van der Waals surface area contributed by atoms with Crippen LogP contribution in [0.1, 0.15) is 11.1 Å². The number of nitriles is 1. The van der Waals surface area contributed by atoms with Gasteiger partial charge in [-0.3, -0.25) is 5.43 Å². The van der Waals surface area contributed by atoms with Crippen molar-refractivity contribution in [1.29, 1.82) is 5.26 Å². The Labute approximate surface area is 125 Å². The molecule has 0 radical (unpaired) electrons. The molecule has 6 nitrogen and oxygen atoms in total. The predicted octanol–water partition coefficient (Wildman–Crippen LogP) is 2.03. The molecule has 0 fully saturated rings. The van der Waals surface area contributed by atoms with Crippen molar-refractivity contribution in [3.63, 3.8) is 0 Å². The third-order valence-electron chi connectivity index (χ3n) is 2.69. The van der Waals surface area contributed by atoms with E-state index < -0.39 is 0 Å². The first kappa shape index (κ1) is 14.2. The minimum Gasteiger partial charge on any atom is -0.354 e. The fourth-order valence-electron chi connectivity index (χ4n) is 1.78. The number of aromatic nitrogens is 2. The van der Waals surface area contributed by atoms with Crippen molar-refractivity contribution >= 4 is 27.7 Å². The summed E-state index contributed by atoms with van der Waals surface area (Å²) in [7, 11) is 1.91. The maximum Gasteiger partial charge on any atom is 0.239 e. The van der Waals surface area contributed by atoms with Crippen LogP contribution in [0.3, 0.4) is 0 Å². The standard InChI is InChI=1S/C13H13BrN6/c1-20(8-10-4-2-3-9(5-10)6-15)12-11(14)7-17-13(18-12)19-16/h2-5,7H,8,16H2,1H3,(H,17,18,19). The molecule has 0 saturated heterocycles. The summed E-state index contributed by atoms with van der Waals surface area (Å²) in [5, 5.41) is 8.91. The zero-order chi connectivity index (χ0) is 14.5. The Hall–Kier alpha value is -2.17. The van der Waals surface area contributed by atoms with Crippen molar-refractivity contribution in [3.05, 3.63) is 46.1 Å². The van der Waals surface area contributed by atoms with Crippen LogP contribution in [-0.2, 0) is 6.54 Å². The highest BCUT2D eigenvalue weighted by Gasteiger charge is 2.10. The van der Waals surface area contributed by atoms with Crippen LogP contribution in [0.2, 0.25) is 0 Å². The molecule has 0 saturated carbocycles. The lowest BCUT2D eigenvalue weighted by atomic mass is 10.1. The van der Waals surface area contributed by atoms with Crippen molar-refractivity contribution < 1.29 is 0 Å². The molecule has 0 spiro atoms. The molecule has 102 valence electrons. The van der Waals surface area contributed by atoms with Crippen LogP contribution in [0.25, 0.3) is 0 Å². The summed E-state index contributed by atoms with van der Waals surface area (Å²) in [6.07, 6.45) is 1.64. The number of hydrogen-bond acceptors (Lipinski definition) is 6. The lowest BCUT2D eigenvalue weighted by molar-refractivity contribution is 0.885. The highest BCUT2D eigenvalue weighted by Crippen LogP contribution is 2.24. The van der Waals surface area contributed by atoms with Crippen LogP contribution in [0.4, 0.5) is 11.8 Å². The lowest BCUT2D eigenvalue weighted by Crippen LogP contribution is -2.20. The molecule has 20 heavy (non-hydrogen) atoms. The van der Waals surface area contributed by atoms with Crippen LogP contribution in [-0.4, -0.2) is 17.0 Å². The van der Waals surface area contributed by atoms with Gasteiger partial charge in [-0.15, -0.1) is 0 Å². The van der Waals surface area contributed by atoms with Gasteiger partial charge >= 0.3 is 0 Å². The Bertz CT molecular complexity index is 652. The number of hydrazine groups is 1. The summed E-state index contributed by atoms with van der Waals surface area (Å²) in [6.45, 7) is 0.620. The van der Waals surface area contributed by atoms with Crippen molar-refractivity contribution in [2.75, 3.05) is 17.4 Å². The van der Waals surface area contributed by atoms with E-state index in [9.17, 15) is 0 Å². The molecular weight excluding hydrogens is 320 g/mol. The average Bonchev–Trinajstić information content (AvgIpc) is 2.47. The van der Waals surface area contributed by atoms with Crippen LogP contribution >= 0.6 is 15.9 Å². The molecule has 0 bridgehead atoms. The first-order valence-electron chi connectivity index (χ1n) is 5.83. The van der Waals surface area contributed by atoms with Gasteiger partial charge in [0.05, 0.1) is 16.1 Å². The summed E-state index contributed by atoms with van der Waals surface area (Å²) in [6, 6.07) is 9.59. The third kappa shape index (κ3) is 3.23. The number of nitrogens with two attached hydrogens (primary N) is 1. The fourth-order valence-corrected chi connectivity index (χ4v) is 2.28. The zero-order valence-electron chi connectivity index (χ0n) is 10.8. The van der Waals surface area contributed by atoms with E-state index in [2.05, 4.69) is 37.4 Å². The molecule has 2 aromatic rings. The third-order valence-corrected chi connectivity index (χ3v) is 3.25. The fraction of sp³-hybridized carbons (Fsp3) is 0.154. The number of benzene rings is 1. The number of nitrogen functional groups attached to an aromatic ring is 1. The number of nitrogens with zero attached hydrogens (tertiary/aromatic N) is 4. The van der Waals surface area contributed by atoms with Crippen LogP contribution in [0.5, 0.6) is 0 Å². The summed E-state index contributed by atoms with van der Waals surface area (Å²) < 4.78 is 0.774. The number of rotatable bonds is 4. The van der Waals surface area contributed by atoms with E-state index in [1.807, 2.05) is 30.1 Å². The molecule has 3 N–H and O–H groups in total. The van der Waals surface area contributed by atoms with E-state index in [1.165, 1.54) is 0 Å². The van der Waals surface area contributed by atoms with Crippen molar-refractivity contribution in [3.8, 4) is 6.07 Å². The molecule has 0 amide bonds. The van der Waals surface area contributed by atoms with E-state index in [0.29, 0.717) is 18.1 Å². The molecule has 0 unspecified atom stereocenters. The topological polar surface area (TPSA) is 90.9 Å². The predicted molar refractivity (Wildman–Crippen MR) is 80.8 cm³/mol. The number of anilines is 2. The van der Waals surface area contributed by atoms with E-state index >= 15 is 0 Å². The second-order valence-electron chi connectivity index (χ2n) is 4.18. The zero-order valence-corrected chi connectivity index (χ0v) is 12.4. The molecule has 7 heteroatoms. The van der Waals surface area contributed by atoms with Crippen molar-refractivity contribution in [2.45, 2.75) is 6.54 Å². The van der Waals surface area contributed by atoms with Crippen molar-refractivity contribution in [1.82, 2.24) is 9.97 Å². The molecule has 0 aliphatic carbocycles. The quantitative estimate of drug-likeness (QED) is 0.657. The molecule has 0 aliphatic heterocycles. The van der Waals surface area contributed by atoms with Gasteiger partial charge in [-0.1, -0.05) is 12.1 Å². The van der Waals surface area contributed by atoms with Crippen LogP contribution in [0, 0.1) is 11.3 Å². The van der Waals surface area contributed by atoms with E-state index in [0.717, 1.165) is 15.9 Å². The number of hydrogen-bond donors (Lipinski definition) is 2. The summed E-state index contributed by atoms with van der Waals surface area (Å²) >= 11 is 3.41. The van der Waals surface area contributed by atoms with Gasteiger partial charge in [-0.25, -0.2) is 10.8 Å². The molecule has 0 aliphatic rings. The summed E-state index contributed by atoms with van der Waals surface area (Å²) in [4.78, 5) is 10.3. The minimum atomic E-state index is 0.348. The van der Waals surface area contributed by atoms with Gasteiger partial charge in [0, 0.05) is 19.8 Å². The normalized spacial score (nSPS) is 9.90. The molecule has 0 atom stereocenters. The number of halogens is 1. The first-order valence-corrected chi connectivity index (χ1v) is 6.62. The Kier molecular flexibility index (Phi) is 4.50. The Morgan fingerprint density at radius 1 is 1.50 bits per heavy atom. The maximum atomic E-state index is 8.91. The van der Waals surface area contributed by atoms with Crippen LogP contribution < -0.4 is 16.2 Å². The Morgan fingerprint density at radius 3 is 3.00 bits per heavy atom. The Balaban J connectivity index is 2.23. The van der Waals surface area contributed by atoms with E-state index in [1.54, 1.807) is 12.3 Å². The second kappa shape index (κ2) is 6.32. The van der Waals surface area contributed by atoms with Gasteiger partial charge in [0.15, 0.2) is 0 Å². The summed E-state index contributed by atoms with van der Waals surface area (Å²) in [5.74, 6) is 6.38. The van der Waals surface area contributed by atoms with Crippen LogP contribution in [0.15, 0.2) is 34.9 Å².